The summed E-state index contributed by atoms with van der Waals surface area (Å²) in [5.41, 5.74) is 2.84. The number of hydrogen-bond donors (Lipinski definition) is 3. The molecule has 0 bridgehead atoms. The predicted molar refractivity (Wildman–Crippen MR) is 91.5 cm³/mol. The second-order valence-corrected chi connectivity index (χ2v) is 8.79. The van der Waals surface area contributed by atoms with Gasteiger partial charge in [0.05, 0.1) is 17.5 Å². The Balaban J connectivity index is 1.73. The fourth-order valence-electron chi connectivity index (χ4n) is 6.73. The number of oxime groups is 2. The van der Waals surface area contributed by atoms with Crippen LogP contribution in [0.3, 0.4) is 0 Å². The van der Waals surface area contributed by atoms with E-state index in [1.54, 1.807) is 0 Å². The highest BCUT2D eigenvalue weighted by atomic mass is 16.4. The minimum Gasteiger partial charge on any atom is -0.411 e. The van der Waals surface area contributed by atoms with Crippen molar-refractivity contribution in [3.05, 3.63) is 11.6 Å². The lowest BCUT2D eigenvalue weighted by Gasteiger charge is -2.59. The van der Waals surface area contributed by atoms with Crippen LogP contribution in [0.2, 0.25) is 0 Å². The first kappa shape index (κ1) is 16.1. The highest BCUT2D eigenvalue weighted by Crippen LogP contribution is 2.64. The Morgan fingerprint density at radius 1 is 1.04 bits per heavy atom. The molecule has 0 heterocycles. The largest absolute Gasteiger partial charge is 0.411 e. The van der Waals surface area contributed by atoms with E-state index < -0.39 is 0 Å². The second kappa shape index (κ2) is 5.32. The molecule has 3 saturated carbocycles. The van der Waals surface area contributed by atoms with Gasteiger partial charge in [0.1, 0.15) is 0 Å². The van der Waals surface area contributed by atoms with Gasteiger partial charge in [-0.3, -0.25) is 0 Å². The van der Waals surface area contributed by atoms with Crippen LogP contribution in [0, 0.1) is 28.6 Å². The quantitative estimate of drug-likeness (QED) is 0.468. The molecular formula is C19H28N2O3. The lowest BCUT2D eigenvalue weighted by molar-refractivity contribution is -0.103. The number of aliphatic hydroxyl groups excluding tert-OH is 1. The van der Waals surface area contributed by atoms with Crippen molar-refractivity contribution in [1.29, 1.82) is 0 Å². The molecule has 132 valence electrons. The smallest absolute Gasteiger partial charge is 0.0795 e. The summed E-state index contributed by atoms with van der Waals surface area (Å²) in [4.78, 5) is 0. The summed E-state index contributed by atoms with van der Waals surface area (Å²) in [6, 6.07) is 0. The number of rotatable bonds is 0. The van der Waals surface area contributed by atoms with E-state index in [0.717, 1.165) is 49.9 Å². The molecular weight excluding hydrogens is 304 g/mol. The minimum atomic E-state index is -0.368. The number of allylic oxidation sites excluding steroid dienone is 2. The molecule has 6 atom stereocenters. The molecule has 3 fully saturated rings. The third kappa shape index (κ3) is 1.97. The van der Waals surface area contributed by atoms with Crippen LogP contribution in [0.4, 0.5) is 0 Å². The van der Waals surface area contributed by atoms with Gasteiger partial charge in [-0.1, -0.05) is 29.7 Å². The molecule has 3 N–H and O–H groups in total. The highest BCUT2D eigenvalue weighted by molar-refractivity contribution is 5.96. The van der Waals surface area contributed by atoms with E-state index in [0.29, 0.717) is 18.3 Å². The van der Waals surface area contributed by atoms with E-state index in [1.807, 2.05) is 0 Å². The van der Waals surface area contributed by atoms with Crippen LogP contribution >= 0.6 is 0 Å². The van der Waals surface area contributed by atoms with Gasteiger partial charge in [-0.05, 0) is 74.2 Å². The fraction of sp³-hybridized carbons (Fsp3) is 0.789. The summed E-state index contributed by atoms with van der Waals surface area (Å²) >= 11 is 0. The van der Waals surface area contributed by atoms with Gasteiger partial charge >= 0.3 is 0 Å². The van der Waals surface area contributed by atoms with Crippen molar-refractivity contribution in [3.63, 3.8) is 0 Å². The van der Waals surface area contributed by atoms with Crippen LogP contribution in [0.25, 0.3) is 0 Å². The van der Waals surface area contributed by atoms with Gasteiger partial charge in [0, 0.05) is 5.41 Å². The normalized spacial score (nSPS) is 51.0. The van der Waals surface area contributed by atoms with E-state index in [1.165, 1.54) is 5.57 Å². The second-order valence-electron chi connectivity index (χ2n) is 8.79. The van der Waals surface area contributed by atoms with Crippen LogP contribution in [0.1, 0.15) is 58.8 Å². The number of fused-ring (bicyclic) bond motifs is 5. The molecule has 0 aromatic rings. The van der Waals surface area contributed by atoms with E-state index in [2.05, 4.69) is 30.2 Å². The molecule has 0 saturated heterocycles. The summed E-state index contributed by atoms with van der Waals surface area (Å²) in [5.74, 6) is 1.24. The van der Waals surface area contributed by atoms with Gasteiger partial charge in [-0.2, -0.15) is 0 Å². The summed E-state index contributed by atoms with van der Waals surface area (Å²) in [6.45, 7) is 4.48. The summed E-state index contributed by atoms with van der Waals surface area (Å²) in [6.07, 6.45) is 8.13. The lowest BCUT2D eigenvalue weighted by Crippen LogP contribution is -2.56. The van der Waals surface area contributed by atoms with Crippen LogP contribution in [-0.4, -0.2) is 33.0 Å². The van der Waals surface area contributed by atoms with Gasteiger partial charge in [-0.15, -0.1) is 0 Å². The maximum atomic E-state index is 11.1. The zero-order valence-electron chi connectivity index (χ0n) is 14.6. The molecule has 4 aliphatic carbocycles. The zero-order valence-corrected chi connectivity index (χ0v) is 14.6. The van der Waals surface area contributed by atoms with Gasteiger partial charge in [0.2, 0.25) is 0 Å². The molecule has 5 heteroatoms. The first-order chi connectivity index (χ1) is 11.4. The molecule has 6 unspecified atom stereocenters. The van der Waals surface area contributed by atoms with Crippen molar-refractivity contribution >= 4 is 11.4 Å². The Labute approximate surface area is 143 Å². The standard InChI is InChI=1S/C19H28N2O3/c1-18-8-7-12(20-23)9-11(18)3-4-13-14-5-6-16(21-24)19(14,2)10-15(22)17(13)18/h9,13-15,17,22-24H,3-8,10H2,1-2H3/b20-12-,21-16+. The first-order valence-corrected chi connectivity index (χ1v) is 9.25. The molecule has 0 radical (unpaired) electrons. The van der Waals surface area contributed by atoms with Crippen molar-refractivity contribution in [3.8, 4) is 0 Å². The van der Waals surface area contributed by atoms with E-state index in [-0.39, 0.29) is 22.9 Å². The third-order valence-corrected chi connectivity index (χ3v) is 7.90. The van der Waals surface area contributed by atoms with Crippen LogP contribution in [0.15, 0.2) is 22.0 Å². The van der Waals surface area contributed by atoms with Crippen molar-refractivity contribution in [2.24, 2.45) is 38.9 Å². The summed E-state index contributed by atoms with van der Waals surface area (Å²) in [7, 11) is 0. The maximum absolute atomic E-state index is 11.1. The average molecular weight is 332 g/mol. The zero-order chi connectivity index (χ0) is 17.1. The van der Waals surface area contributed by atoms with Gasteiger partial charge in [0.15, 0.2) is 0 Å². The maximum Gasteiger partial charge on any atom is 0.0795 e. The Morgan fingerprint density at radius 3 is 2.54 bits per heavy atom. The molecule has 0 aliphatic heterocycles. The monoisotopic (exact) mass is 332 g/mol. The van der Waals surface area contributed by atoms with E-state index >= 15 is 0 Å². The number of hydrogen-bond acceptors (Lipinski definition) is 5. The molecule has 24 heavy (non-hydrogen) atoms. The lowest BCUT2D eigenvalue weighted by atomic mass is 9.46. The molecule has 0 aromatic heterocycles. The minimum absolute atomic E-state index is 0.00301. The Kier molecular flexibility index (Phi) is 3.57. The third-order valence-electron chi connectivity index (χ3n) is 7.90. The molecule has 0 spiro atoms. The molecule has 0 amide bonds. The molecule has 5 nitrogen and oxygen atoms in total. The predicted octanol–water partition coefficient (Wildman–Crippen LogP) is 3.58. The number of nitrogens with zero attached hydrogens (tertiary/aromatic N) is 2. The number of aliphatic hydroxyl groups is 1. The highest BCUT2D eigenvalue weighted by Gasteiger charge is 2.61. The van der Waals surface area contributed by atoms with E-state index in [4.69, 9.17) is 5.21 Å². The SMILES string of the molecule is CC12CC/C(=N/O)C=C1CCC1C2C(O)CC2(C)/C(=N/O)CCC12. The van der Waals surface area contributed by atoms with Crippen molar-refractivity contribution in [2.75, 3.05) is 0 Å². The average Bonchev–Trinajstić information content (AvgIpc) is 2.89. The van der Waals surface area contributed by atoms with Crippen LogP contribution in [-0.2, 0) is 0 Å². The Bertz CT molecular complexity index is 641. The van der Waals surface area contributed by atoms with Crippen LogP contribution < -0.4 is 0 Å². The Morgan fingerprint density at radius 2 is 1.83 bits per heavy atom. The van der Waals surface area contributed by atoms with E-state index in [9.17, 15) is 10.3 Å². The summed E-state index contributed by atoms with van der Waals surface area (Å²) < 4.78 is 0. The fourth-order valence-corrected chi connectivity index (χ4v) is 6.73. The summed E-state index contributed by atoms with van der Waals surface area (Å²) in [5, 5.41) is 36.6. The molecule has 4 aliphatic rings. The van der Waals surface area contributed by atoms with Crippen molar-refractivity contribution in [2.45, 2.75) is 64.9 Å². The van der Waals surface area contributed by atoms with Gasteiger partial charge in [-0.25, -0.2) is 0 Å². The van der Waals surface area contributed by atoms with Crippen LogP contribution in [0.5, 0.6) is 0 Å². The Hall–Kier alpha value is -1.36. The molecule has 4 rings (SSSR count). The molecule has 0 aromatic carbocycles. The first-order valence-electron chi connectivity index (χ1n) is 9.25. The van der Waals surface area contributed by atoms with Gasteiger partial charge in [0.25, 0.3) is 0 Å². The van der Waals surface area contributed by atoms with Crippen molar-refractivity contribution < 1.29 is 15.5 Å². The topological polar surface area (TPSA) is 85.4 Å². The van der Waals surface area contributed by atoms with Crippen molar-refractivity contribution in [1.82, 2.24) is 0 Å². The van der Waals surface area contributed by atoms with Gasteiger partial charge < -0.3 is 15.5 Å².